The summed E-state index contributed by atoms with van der Waals surface area (Å²) in [7, 11) is -3.32. The Bertz CT molecular complexity index is 544. The highest BCUT2D eigenvalue weighted by molar-refractivity contribution is 7.89. The fourth-order valence-corrected chi connectivity index (χ4v) is 1.84. The Balaban J connectivity index is 2.87. The summed E-state index contributed by atoms with van der Waals surface area (Å²) in [5.41, 5.74) is 0.505. The molecule has 0 fully saturated rings. The number of rotatable bonds is 1. The van der Waals surface area contributed by atoms with Crippen LogP contribution < -0.4 is 0 Å². The molecule has 0 radical (unpaired) electrons. The van der Waals surface area contributed by atoms with Crippen molar-refractivity contribution in [1.29, 1.82) is 0 Å². The summed E-state index contributed by atoms with van der Waals surface area (Å²) < 4.78 is 23.3. The molecule has 0 saturated heterocycles. The molecule has 0 amide bonds. The molecule has 2 aromatic heterocycles. The maximum atomic E-state index is 11.2. The lowest BCUT2D eigenvalue weighted by Gasteiger charge is -1.97. The van der Waals surface area contributed by atoms with Gasteiger partial charge in [0.25, 0.3) is 10.0 Å². The van der Waals surface area contributed by atoms with E-state index in [1.807, 2.05) is 0 Å². The van der Waals surface area contributed by atoms with Gasteiger partial charge in [-0.2, -0.15) is 9.19 Å². The summed E-state index contributed by atoms with van der Waals surface area (Å²) in [5, 5.41) is 4.52. The third-order valence-corrected chi connectivity index (χ3v) is 2.57. The van der Waals surface area contributed by atoms with Crippen LogP contribution in [0.3, 0.4) is 0 Å². The van der Waals surface area contributed by atoms with Crippen LogP contribution in [0, 0.1) is 0 Å². The first kappa shape index (κ1) is 8.18. The van der Waals surface area contributed by atoms with Crippen LogP contribution in [0.5, 0.6) is 0 Å². The quantitative estimate of drug-likeness (QED) is 0.656. The lowest BCUT2D eigenvalue weighted by molar-refractivity contribution is 0.588. The number of hydrogen-bond donors (Lipinski definition) is 0. The highest BCUT2D eigenvalue weighted by Crippen LogP contribution is 2.12. The number of aromatic nitrogens is 3. The van der Waals surface area contributed by atoms with Crippen molar-refractivity contribution < 1.29 is 8.42 Å². The number of pyridine rings is 1. The van der Waals surface area contributed by atoms with Crippen LogP contribution in [-0.2, 0) is 10.0 Å². The molecule has 6 heteroatoms. The van der Waals surface area contributed by atoms with Gasteiger partial charge in [0, 0.05) is 11.6 Å². The van der Waals surface area contributed by atoms with Gasteiger partial charge in [-0.25, -0.2) is 8.42 Å². The molecule has 13 heavy (non-hydrogen) atoms. The van der Waals surface area contributed by atoms with E-state index in [2.05, 4.69) is 10.1 Å². The molecule has 0 saturated carbocycles. The van der Waals surface area contributed by atoms with Crippen molar-refractivity contribution in [3.8, 4) is 0 Å². The first-order valence-corrected chi connectivity index (χ1v) is 5.42. The van der Waals surface area contributed by atoms with E-state index in [1.54, 1.807) is 12.3 Å². The normalized spacial score (nSPS) is 12.1. The SMILES string of the molecule is CS(=O)(=O)n1ncc2ccncc21. The predicted octanol–water partition coefficient (Wildman–Crippen LogP) is 0.239. The summed E-state index contributed by atoms with van der Waals surface area (Å²) in [5.74, 6) is 0. The Labute approximate surface area is 75.1 Å². The van der Waals surface area contributed by atoms with E-state index in [0.29, 0.717) is 5.52 Å². The zero-order valence-electron chi connectivity index (χ0n) is 6.88. The van der Waals surface area contributed by atoms with Crippen LogP contribution in [0.1, 0.15) is 0 Å². The molecule has 0 aromatic carbocycles. The second-order valence-corrected chi connectivity index (χ2v) is 4.50. The fourth-order valence-electron chi connectivity index (χ4n) is 1.11. The van der Waals surface area contributed by atoms with Gasteiger partial charge < -0.3 is 0 Å². The van der Waals surface area contributed by atoms with Gasteiger partial charge in [-0.05, 0) is 6.07 Å². The van der Waals surface area contributed by atoms with Gasteiger partial charge in [-0.1, -0.05) is 0 Å². The molecule has 0 spiro atoms. The zero-order valence-corrected chi connectivity index (χ0v) is 7.69. The van der Waals surface area contributed by atoms with Gasteiger partial charge in [0.05, 0.1) is 18.6 Å². The summed E-state index contributed by atoms with van der Waals surface area (Å²) in [6, 6.07) is 1.71. The van der Waals surface area contributed by atoms with Crippen LogP contribution in [0.2, 0.25) is 0 Å². The average Bonchev–Trinajstić information content (AvgIpc) is 2.45. The smallest absolute Gasteiger partial charge is 0.251 e. The van der Waals surface area contributed by atoms with Crippen molar-refractivity contribution in [2.75, 3.05) is 6.26 Å². The molecule has 0 aliphatic rings. The van der Waals surface area contributed by atoms with Crippen LogP contribution >= 0.6 is 0 Å². The van der Waals surface area contributed by atoms with Crippen LogP contribution in [0.15, 0.2) is 24.7 Å². The Morgan fingerprint density at radius 2 is 2.15 bits per heavy atom. The Kier molecular flexibility index (Phi) is 1.59. The van der Waals surface area contributed by atoms with Gasteiger partial charge in [-0.15, -0.1) is 0 Å². The third kappa shape index (κ3) is 1.29. The first-order valence-electron chi connectivity index (χ1n) is 3.57. The monoisotopic (exact) mass is 197 g/mol. The second-order valence-electron chi connectivity index (χ2n) is 2.69. The van der Waals surface area contributed by atoms with Crippen molar-refractivity contribution in [2.24, 2.45) is 0 Å². The van der Waals surface area contributed by atoms with Crippen molar-refractivity contribution >= 4 is 20.9 Å². The minimum atomic E-state index is -3.32. The molecule has 0 aliphatic carbocycles. The summed E-state index contributed by atoms with van der Waals surface area (Å²) in [4.78, 5) is 3.83. The molecule has 2 rings (SSSR count). The van der Waals surface area contributed by atoms with E-state index in [0.717, 1.165) is 15.7 Å². The largest absolute Gasteiger partial charge is 0.262 e. The van der Waals surface area contributed by atoms with E-state index in [9.17, 15) is 8.42 Å². The molecule has 0 unspecified atom stereocenters. The maximum absolute atomic E-state index is 11.2. The Hall–Kier alpha value is -1.43. The molecule has 0 N–H and O–H groups in total. The van der Waals surface area contributed by atoms with Crippen LogP contribution in [-0.4, -0.2) is 28.8 Å². The van der Waals surface area contributed by atoms with Crippen LogP contribution in [0.4, 0.5) is 0 Å². The maximum Gasteiger partial charge on any atom is 0.251 e. The van der Waals surface area contributed by atoms with Gasteiger partial charge >= 0.3 is 0 Å². The van der Waals surface area contributed by atoms with E-state index in [4.69, 9.17) is 0 Å². The Morgan fingerprint density at radius 3 is 2.85 bits per heavy atom. The van der Waals surface area contributed by atoms with E-state index >= 15 is 0 Å². The minimum absolute atomic E-state index is 0.505. The molecular formula is C7H7N3O2S. The van der Waals surface area contributed by atoms with Crippen molar-refractivity contribution in [1.82, 2.24) is 14.2 Å². The molecule has 68 valence electrons. The van der Waals surface area contributed by atoms with Crippen molar-refractivity contribution in [3.63, 3.8) is 0 Å². The first-order chi connectivity index (χ1) is 6.09. The van der Waals surface area contributed by atoms with Crippen LogP contribution in [0.25, 0.3) is 10.9 Å². The molecule has 0 aliphatic heterocycles. The summed E-state index contributed by atoms with van der Waals surface area (Å²) in [6.45, 7) is 0. The topological polar surface area (TPSA) is 64.8 Å². The highest BCUT2D eigenvalue weighted by Gasteiger charge is 2.10. The molecule has 2 aromatic rings. The van der Waals surface area contributed by atoms with E-state index in [1.165, 1.54) is 12.4 Å². The summed E-state index contributed by atoms with van der Waals surface area (Å²) >= 11 is 0. The highest BCUT2D eigenvalue weighted by atomic mass is 32.2. The predicted molar refractivity (Wildman–Crippen MR) is 47.8 cm³/mol. The van der Waals surface area contributed by atoms with Gasteiger partial charge in [0.1, 0.15) is 5.52 Å². The van der Waals surface area contributed by atoms with Crippen molar-refractivity contribution in [3.05, 3.63) is 24.7 Å². The molecule has 0 bridgehead atoms. The lowest BCUT2D eigenvalue weighted by atomic mass is 10.3. The number of fused-ring (bicyclic) bond motifs is 1. The summed E-state index contributed by atoms with van der Waals surface area (Å²) in [6.07, 6.45) is 5.67. The van der Waals surface area contributed by atoms with Gasteiger partial charge in [0.2, 0.25) is 0 Å². The van der Waals surface area contributed by atoms with Gasteiger partial charge in [-0.3, -0.25) is 4.98 Å². The van der Waals surface area contributed by atoms with E-state index < -0.39 is 10.0 Å². The lowest BCUT2D eigenvalue weighted by Crippen LogP contribution is -2.11. The average molecular weight is 197 g/mol. The molecule has 5 nitrogen and oxygen atoms in total. The molecule has 2 heterocycles. The Morgan fingerprint density at radius 1 is 1.38 bits per heavy atom. The number of hydrogen-bond acceptors (Lipinski definition) is 4. The van der Waals surface area contributed by atoms with Gasteiger partial charge in [0.15, 0.2) is 0 Å². The minimum Gasteiger partial charge on any atom is -0.262 e. The zero-order chi connectivity index (χ0) is 9.47. The standard InChI is InChI=1S/C7H7N3O2S/c1-13(11,12)10-7-5-8-3-2-6(7)4-9-10/h2-5H,1H3. The molecule has 0 atom stereocenters. The van der Waals surface area contributed by atoms with Crippen molar-refractivity contribution in [2.45, 2.75) is 0 Å². The fraction of sp³-hybridized carbons (Fsp3) is 0.143. The number of nitrogens with zero attached hydrogens (tertiary/aromatic N) is 3. The second kappa shape index (κ2) is 2.53. The van der Waals surface area contributed by atoms with E-state index in [-0.39, 0.29) is 0 Å². The molecular weight excluding hydrogens is 190 g/mol. The third-order valence-electron chi connectivity index (χ3n) is 1.65.